The van der Waals surface area contributed by atoms with Crippen LogP contribution >= 0.6 is 31.9 Å². The van der Waals surface area contributed by atoms with E-state index in [4.69, 9.17) is 15.9 Å². The van der Waals surface area contributed by atoms with Gasteiger partial charge in [-0.25, -0.2) is 0 Å². The third-order valence-electron chi connectivity index (χ3n) is 5.61. The van der Waals surface area contributed by atoms with Gasteiger partial charge in [0.1, 0.15) is 0 Å². The third-order valence-corrected chi connectivity index (χ3v) is 11.6. The maximum atomic E-state index is 9.71. The predicted molar refractivity (Wildman–Crippen MR) is 150 cm³/mol. The van der Waals surface area contributed by atoms with Gasteiger partial charge in [0, 0.05) is 20.3 Å². The maximum absolute atomic E-state index is 9.71. The Labute approximate surface area is 213 Å². The highest BCUT2D eigenvalue weighted by Crippen LogP contribution is 2.43. The largest absolute Gasteiger partial charge is 0.408 e. The molecule has 32 heavy (non-hydrogen) atoms. The van der Waals surface area contributed by atoms with Crippen molar-refractivity contribution in [2.45, 2.75) is 85.2 Å². The number of hydrogen-bond acceptors (Lipinski definition) is 4. The number of benzene rings is 2. The monoisotopic (exact) mass is 588 g/mol. The molecule has 0 unspecified atom stereocenters. The highest BCUT2D eigenvalue weighted by atomic mass is 79.9. The van der Waals surface area contributed by atoms with Gasteiger partial charge < -0.3 is 21.0 Å². The van der Waals surface area contributed by atoms with E-state index in [0.717, 1.165) is 25.8 Å². The van der Waals surface area contributed by atoms with Crippen LogP contribution in [0.2, 0.25) is 18.1 Å². The van der Waals surface area contributed by atoms with Gasteiger partial charge in [-0.05, 0) is 93.4 Å². The topological polar surface area (TPSA) is 81.5 Å². The Bertz CT molecular complexity index is 902. The Morgan fingerprint density at radius 2 is 1.16 bits per heavy atom. The average molecular weight is 591 g/mol. The molecule has 0 bridgehead atoms. The first-order chi connectivity index (χ1) is 13.8. The molecule has 2 rings (SSSR count). The summed E-state index contributed by atoms with van der Waals surface area (Å²) in [6.07, 6.45) is 0. The summed E-state index contributed by atoms with van der Waals surface area (Å²) in [6, 6.07) is 11.3. The van der Waals surface area contributed by atoms with Gasteiger partial charge in [0.25, 0.3) is 0 Å². The number of aliphatic hydroxyl groups is 1. The van der Waals surface area contributed by atoms with Crippen molar-refractivity contribution in [1.29, 1.82) is 0 Å². The summed E-state index contributed by atoms with van der Waals surface area (Å²) in [5.74, 6) is 0. The molecule has 0 fully saturated rings. The van der Waals surface area contributed by atoms with Gasteiger partial charge in [0.2, 0.25) is 0 Å². The van der Waals surface area contributed by atoms with Crippen LogP contribution in [0.5, 0.6) is 0 Å². The van der Waals surface area contributed by atoms with Gasteiger partial charge in [0.05, 0.1) is 11.2 Å². The predicted octanol–water partition coefficient (Wildman–Crippen LogP) is 8.18. The molecule has 5 N–H and O–H groups in total. The Morgan fingerprint density at radius 1 is 0.781 bits per heavy atom. The van der Waals surface area contributed by atoms with Crippen LogP contribution in [-0.4, -0.2) is 13.4 Å². The summed E-state index contributed by atoms with van der Waals surface area (Å²) in [4.78, 5) is 0. The molecule has 7 heteroatoms. The minimum absolute atomic E-state index is 0. The Morgan fingerprint density at radius 3 is 1.50 bits per heavy atom. The van der Waals surface area contributed by atoms with Crippen molar-refractivity contribution in [2.24, 2.45) is 0 Å². The first-order valence-corrected chi connectivity index (χ1v) is 14.8. The lowest BCUT2D eigenvalue weighted by Crippen LogP contribution is -2.46. The fourth-order valence-corrected chi connectivity index (χ4v) is 6.01. The zero-order chi connectivity index (χ0) is 24.4. The summed E-state index contributed by atoms with van der Waals surface area (Å²) in [7, 11) is -1.83. The lowest BCUT2D eigenvalue weighted by Gasteiger charge is -2.43. The number of nitrogen functional groups attached to an aromatic ring is 2. The van der Waals surface area contributed by atoms with Crippen LogP contribution < -0.4 is 11.5 Å². The van der Waals surface area contributed by atoms with E-state index in [1.165, 1.54) is 0 Å². The van der Waals surface area contributed by atoms with Crippen LogP contribution in [-0.2, 0) is 15.6 Å². The Hall–Kier alpha value is -0.863. The van der Waals surface area contributed by atoms with E-state index < -0.39 is 13.9 Å². The third kappa shape index (κ3) is 8.49. The highest BCUT2D eigenvalue weighted by molar-refractivity contribution is 9.10. The first-order valence-electron chi connectivity index (χ1n) is 10.3. The van der Waals surface area contributed by atoms with Crippen LogP contribution in [0.15, 0.2) is 45.3 Å². The minimum Gasteiger partial charge on any atom is -0.408 e. The second-order valence-corrected chi connectivity index (χ2v) is 16.8. The standard InChI is InChI=1S/C15H26BrNOSi.C9H12BrNO.CH4/c1-14(2,3)19(6,7)18-15(4,5)12-10-11(17)8-9-13(12)16;1-9(2,12)7-5-6(11)3-4-8(7)10;/h8-10H,17H2,1-7H3;3-5,12H,11H2,1-2H3;1H4. The second-order valence-electron chi connectivity index (χ2n) is 10.4. The van der Waals surface area contributed by atoms with Gasteiger partial charge in [-0.15, -0.1) is 0 Å². The number of rotatable bonds is 4. The van der Waals surface area contributed by atoms with Crippen molar-refractivity contribution in [3.63, 3.8) is 0 Å². The van der Waals surface area contributed by atoms with E-state index in [1.807, 2.05) is 24.3 Å². The number of nitrogens with two attached hydrogens (primary N) is 2. The summed E-state index contributed by atoms with van der Waals surface area (Å²) in [5, 5.41) is 9.90. The van der Waals surface area contributed by atoms with Crippen LogP contribution in [0.25, 0.3) is 0 Å². The first kappa shape index (κ1) is 31.1. The minimum atomic E-state index is -1.83. The summed E-state index contributed by atoms with van der Waals surface area (Å²) in [6.45, 7) is 19.0. The van der Waals surface area contributed by atoms with Gasteiger partial charge in [0.15, 0.2) is 8.32 Å². The molecule has 0 saturated heterocycles. The molecule has 0 amide bonds. The molecular formula is C25H42Br2N2O2Si. The van der Waals surface area contributed by atoms with Gasteiger partial charge in [-0.2, -0.15) is 0 Å². The molecule has 0 aliphatic heterocycles. The lowest BCUT2D eigenvalue weighted by atomic mass is 9.98. The Balaban J connectivity index is 0.000000639. The molecule has 0 heterocycles. The second kappa shape index (κ2) is 11.0. The van der Waals surface area contributed by atoms with E-state index >= 15 is 0 Å². The number of anilines is 2. The van der Waals surface area contributed by atoms with Crippen molar-refractivity contribution in [3.05, 3.63) is 56.5 Å². The molecule has 4 nitrogen and oxygen atoms in total. The zero-order valence-electron chi connectivity index (χ0n) is 20.2. The van der Waals surface area contributed by atoms with E-state index in [9.17, 15) is 5.11 Å². The van der Waals surface area contributed by atoms with Gasteiger partial charge >= 0.3 is 0 Å². The average Bonchev–Trinajstić information content (AvgIpc) is 2.57. The molecule has 0 spiro atoms. The van der Waals surface area contributed by atoms with Crippen LogP contribution in [0.4, 0.5) is 11.4 Å². The van der Waals surface area contributed by atoms with E-state index in [2.05, 4.69) is 79.6 Å². The van der Waals surface area contributed by atoms with Crippen LogP contribution in [0.1, 0.15) is 67.0 Å². The molecule has 0 aromatic heterocycles. The van der Waals surface area contributed by atoms with Gasteiger partial charge in [-0.3, -0.25) is 0 Å². The molecule has 2 aromatic carbocycles. The van der Waals surface area contributed by atoms with E-state index in [0.29, 0.717) is 5.69 Å². The Kier molecular flexibility index (Phi) is 10.7. The molecule has 0 saturated carbocycles. The highest BCUT2D eigenvalue weighted by Gasteiger charge is 2.42. The molecule has 0 aliphatic carbocycles. The fourth-order valence-electron chi connectivity index (χ4n) is 2.86. The van der Waals surface area contributed by atoms with Crippen LogP contribution in [0.3, 0.4) is 0 Å². The number of halogens is 2. The molecule has 2 aromatic rings. The SMILES string of the molecule is C.CC(C)(O)c1cc(N)ccc1Br.CC(C)(O[Si](C)(C)C(C)(C)C)c1cc(N)ccc1Br. The molecule has 0 aliphatic rings. The van der Waals surface area contributed by atoms with Crippen molar-refractivity contribution in [3.8, 4) is 0 Å². The summed E-state index contributed by atoms with van der Waals surface area (Å²) >= 11 is 6.95. The molecule has 0 atom stereocenters. The lowest BCUT2D eigenvalue weighted by molar-refractivity contribution is 0.0779. The van der Waals surface area contributed by atoms with Crippen LogP contribution in [0, 0.1) is 0 Å². The molecule has 182 valence electrons. The summed E-state index contributed by atoms with van der Waals surface area (Å²) < 4.78 is 8.49. The smallest absolute Gasteiger partial charge is 0.193 e. The molecule has 0 radical (unpaired) electrons. The van der Waals surface area contributed by atoms with Crippen molar-refractivity contribution < 1.29 is 9.53 Å². The summed E-state index contributed by atoms with van der Waals surface area (Å²) in [5.41, 5.74) is 13.6. The quantitative estimate of drug-likeness (QED) is 0.248. The maximum Gasteiger partial charge on any atom is 0.193 e. The van der Waals surface area contributed by atoms with Crippen molar-refractivity contribution in [1.82, 2.24) is 0 Å². The fraction of sp³-hybridized carbons (Fsp3) is 0.520. The van der Waals surface area contributed by atoms with E-state index in [-0.39, 0.29) is 18.1 Å². The normalized spacial score (nSPS) is 12.5. The van der Waals surface area contributed by atoms with Gasteiger partial charge in [-0.1, -0.05) is 60.1 Å². The van der Waals surface area contributed by atoms with Crippen molar-refractivity contribution >= 4 is 51.6 Å². The molecular weight excluding hydrogens is 548 g/mol. The van der Waals surface area contributed by atoms with Crippen molar-refractivity contribution in [2.75, 3.05) is 11.5 Å². The van der Waals surface area contributed by atoms with E-state index in [1.54, 1.807) is 26.0 Å². The number of hydrogen-bond donors (Lipinski definition) is 3. The zero-order valence-corrected chi connectivity index (χ0v) is 24.4.